The number of carbonyl (C=O) groups excluding carboxylic acids is 4. The fourth-order valence-electron chi connectivity index (χ4n) is 3.19. The molecule has 14 nitrogen and oxygen atoms in total. The number of esters is 3. The monoisotopic (exact) mass is 528 g/mol. The lowest BCUT2D eigenvalue weighted by molar-refractivity contribution is -0.163. The zero-order valence-electron chi connectivity index (χ0n) is 21.1. The third-order valence-electron chi connectivity index (χ3n) is 5.16. The molecule has 1 aliphatic heterocycles. The Morgan fingerprint density at radius 1 is 1.24 bits per heavy atom. The fraction of sp³-hybridized carbons (Fsp3) is 0.609. The number of carbonyl (C=O) groups is 4. The molecule has 1 aromatic heterocycles. The summed E-state index contributed by atoms with van der Waals surface area (Å²) >= 11 is 0. The van der Waals surface area contributed by atoms with Gasteiger partial charge in [0.2, 0.25) is 6.79 Å². The van der Waals surface area contributed by atoms with Crippen molar-refractivity contribution in [2.24, 2.45) is 5.92 Å². The van der Waals surface area contributed by atoms with Crippen molar-refractivity contribution in [2.75, 3.05) is 47.4 Å². The fourth-order valence-corrected chi connectivity index (χ4v) is 3.19. The first-order valence-electron chi connectivity index (χ1n) is 11.4. The number of methoxy groups -OCH3 is 2. The zero-order chi connectivity index (χ0) is 27.4. The van der Waals surface area contributed by atoms with Gasteiger partial charge >= 0.3 is 17.9 Å². The summed E-state index contributed by atoms with van der Waals surface area (Å²) in [6, 6.07) is 0.0528. The van der Waals surface area contributed by atoms with Gasteiger partial charge in [-0.25, -0.2) is 14.6 Å². The van der Waals surface area contributed by atoms with E-state index in [0.717, 1.165) is 0 Å². The van der Waals surface area contributed by atoms with Crippen LogP contribution < -0.4 is 14.8 Å². The quantitative estimate of drug-likeness (QED) is 0.155. The van der Waals surface area contributed by atoms with Crippen LogP contribution in [0.5, 0.6) is 11.5 Å². The van der Waals surface area contributed by atoms with Gasteiger partial charge in [-0.2, -0.15) is 0 Å². The molecule has 206 valence electrons. The van der Waals surface area contributed by atoms with Crippen molar-refractivity contribution >= 4 is 23.8 Å². The molecule has 0 aliphatic carbocycles. The van der Waals surface area contributed by atoms with Crippen molar-refractivity contribution in [3.63, 3.8) is 0 Å². The summed E-state index contributed by atoms with van der Waals surface area (Å²) in [6.07, 6.45) is -0.263. The highest BCUT2D eigenvalue weighted by Gasteiger charge is 2.33. The van der Waals surface area contributed by atoms with Gasteiger partial charge in [-0.15, -0.1) is 0 Å². The Hall–Kier alpha value is -3.49. The van der Waals surface area contributed by atoms with Crippen LogP contribution in [-0.4, -0.2) is 99.6 Å². The summed E-state index contributed by atoms with van der Waals surface area (Å²) in [7, 11) is 2.83. The second-order valence-corrected chi connectivity index (χ2v) is 7.94. The largest absolute Gasteiger partial charge is 0.493 e. The second-order valence-electron chi connectivity index (χ2n) is 7.94. The highest BCUT2D eigenvalue weighted by atomic mass is 16.7. The Kier molecular flexibility index (Phi) is 12.0. The predicted molar refractivity (Wildman–Crippen MR) is 123 cm³/mol. The number of hydrogen-bond donors (Lipinski definition) is 2. The topological polar surface area (TPSA) is 178 Å². The third kappa shape index (κ3) is 8.84. The summed E-state index contributed by atoms with van der Waals surface area (Å²) in [5.41, 5.74) is -0.292. The van der Waals surface area contributed by atoms with Gasteiger partial charge in [-0.1, -0.05) is 0 Å². The van der Waals surface area contributed by atoms with Crippen LogP contribution in [0.3, 0.4) is 0 Å². The number of cyclic esters (lactones) is 2. The molecule has 1 fully saturated rings. The third-order valence-corrected chi connectivity index (χ3v) is 5.16. The SMILES string of the molecule is COCCOC(C)C(=O)OCOc1c(OC)ccnc1C(=O)N[C@H]1COC(=O)C(CO)C[C@H](C)OC1=O. The number of rotatable bonds is 12. The summed E-state index contributed by atoms with van der Waals surface area (Å²) in [4.78, 5) is 53.8. The molecular formula is C23H32N2O12. The van der Waals surface area contributed by atoms with Crippen LogP contribution in [0.25, 0.3) is 0 Å². The van der Waals surface area contributed by atoms with E-state index in [2.05, 4.69) is 10.3 Å². The van der Waals surface area contributed by atoms with Crippen LogP contribution in [-0.2, 0) is 38.1 Å². The van der Waals surface area contributed by atoms with E-state index in [1.807, 2.05) is 0 Å². The van der Waals surface area contributed by atoms with Crippen molar-refractivity contribution < 1.29 is 57.4 Å². The van der Waals surface area contributed by atoms with Gasteiger partial charge in [0.1, 0.15) is 6.61 Å². The average molecular weight is 529 g/mol. The molecule has 1 aliphatic rings. The first-order chi connectivity index (χ1) is 17.7. The molecule has 0 aromatic carbocycles. The predicted octanol–water partition coefficient (Wildman–Crippen LogP) is -0.393. The van der Waals surface area contributed by atoms with E-state index in [4.69, 9.17) is 33.2 Å². The van der Waals surface area contributed by atoms with Gasteiger partial charge in [0.05, 0.1) is 39.0 Å². The summed E-state index contributed by atoms with van der Waals surface area (Å²) in [5.74, 6) is -4.08. The van der Waals surface area contributed by atoms with E-state index in [9.17, 15) is 24.3 Å². The van der Waals surface area contributed by atoms with Crippen molar-refractivity contribution in [3.05, 3.63) is 18.0 Å². The molecule has 1 amide bonds. The number of aliphatic hydroxyl groups is 1. The standard InChI is InChI=1S/C23H32N2O12/c1-13-9-15(10-26)22(29)34-11-16(23(30)37-13)25-20(27)18-19(17(32-4)5-6-24-18)35-12-36-21(28)14(2)33-8-7-31-3/h5-6,13-16,26H,7-12H2,1-4H3,(H,25,27)/t13-,14?,15?,16-/m0/s1. The molecule has 2 unspecified atom stereocenters. The van der Waals surface area contributed by atoms with Crippen molar-refractivity contribution in [2.45, 2.75) is 38.5 Å². The number of pyridine rings is 1. The van der Waals surface area contributed by atoms with Crippen LogP contribution in [0.1, 0.15) is 30.8 Å². The molecule has 1 aromatic rings. The lowest BCUT2D eigenvalue weighted by Crippen LogP contribution is -2.46. The highest BCUT2D eigenvalue weighted by molar-refractivity contribution is 5.98. The van der Waals surface area contributed by atoms with E-state index >= 15 is 0 Å². The minimum Gasteiger partial charge on any atom is -0.493 e. The first-order valence-corrected chi connectivity index (χ1v) is 11.4. The smallest absolute Gasteiger partial charge is 0.337 e. The summed E-state index contributed by atoms with van der Waals surface area (Å²) in [6.45, 7) is 1.94. The van der Waals surface area contributed by atoms with Crippen LogP contribution in [0.2, 0.25) is 0 Å². The lowest BCUT2D eigenvalue weighted by Gasteiger charge is -2.19. The lowest BCUT2D eigenvalue weighted by atomic mass is 10.0. The summed E-state index contributed by atoms with van der Waals surface area (Å²) < 4.78 is 36.2. The molecule has 0 radical (unpaired) electrons. The molecule has 1 saturated heterocycles. The van der Waals surface area contributed by atoms with Crippen molar-refractivity contribution in [3.8, 4) is 11.5 Å². The highest BCUT2D eigenvalue weighted by Crippen LogP contribution is 2.29. The average Bonchev–Trinajstić information content (AvgIpc) is 2.93. The van der Waals surface area contributed by atoms with Crippen LogP contribution in [0, 0.1) is 5.92 Å². The van der Waals surface area contributed by atoms with E-state index in [1.54, 1.807) is 6.92 Å². The number of hydrogen-bond acceptors (Lipinski definition) is 13. The van der Waals surface area contributed by atoms with Gasteiger partial charge < -0.3 is 43.6 Å². The Labute approximate surface area is 213 Å². The van der Waals surface area contributed by atoms with Crippen LogP contribution >= 0.6 is 0 Å². The summed E-state index contributed by atoms with van der Waals surface area (Å²) in [5, 5.41) is 11.8. The van der Waals surface area contributed by atoms with E-state index in [1.165, 1.54) is 33.4 Å². The number of ether oxygens (including phenoxy) is 7. The molecule has 0 bridgehead atoms. The number of nitrogens with zero attached hydrogens (tertiary/aromatic N) is 1. The maximum atomic E-state index is 13.0. The molecule has 0 saturated carbocycles. The van der Waals surface area contributed by atoms with Gasteiger partial charge in [0.15, 0.2) is 29.3 Å². The van der Waals surface area contributed by atoms with Gasteiger partial charge in [-0.3, -0.25) is 9.59 Å². The second kappa shape index (κ2) is 14.9. The molecule has 37 heavy (non-hydrogen) atoms. The molecule has 2 N–H and O–H groups in total. The zero-order valence-corrected chi connectivity index (χ0v) is 21.1. The maximum absolute atomic E-state index is 13.0. The minimum absolute atomic E-state index is 0.0614. The number of aromatic nitrogens is 1. The Bertz CT molecular complexity index is 940. The number of amides is 1. The van der Waals surface area contributed by atoms with E-state index < -0.39 is 68.0 Å². The molecule has 4 atom stereocenters. The van der Waals surface area contributed by atoms with Crippen LogP contribution in [0.4, 0.5) is 0 Å². The van der Waals surface area contributed by atoms with Crippen LogP contribution in [0.15, 0.2) is 12.3 Å². The van der Waals surface area contributed by atoms with Crippen molar-refractivity contribution in [1.82, 2.24) is 10.3 Å². The molecule has 2 rings (SSSR count). The van der Waals surface area contributed by atoms with Gasteiger partial charge in [0, 0.05) is 19.4 Å². The first kappa shape index (κ1) is 29.7. The molecule has 0 spiro atoms. The minimum atomic E-state index is -1.36. The Morgan fingerprint density at radius 2 is 2.00 bits per heavy atom. The number of aliphatic hydroxyl groups excluding tert-OH is 1. The molecular weight excluding hydrogens is 496 g/mol. The number of nitrogens with one attached hydrogen (secondary N) is 1. The molecule has 2 heterocycles. The normalized spacial score (nSPS) is 20.8. The van der Waals surface area contributed by atoms with E-state index in [0.29, 0.717) is 6.61 Å². The van der Waals surface area contributed by atoms with Crippen molar-refractivity contribution in [1.29, 1.82) is 0 Å². The van der Waals surface area contributed by atoms with Gasteiger partial charge in [-0.05, 0) is 20.3 Å². The van der Waals surface area contributed by atoms with Gasteiger partial charge in [0.25, 0.3) is 5.91 Å². The Balaban J connectivity index is 2.11. The maximum Gasteiger partial charge on any atom is 0.337 e. The van der Waals surface area contributed by atoms with E-state index in [-0.39, 0.29) is 30.2 Å². The Morgan fingerprint density at radius 3 is 2.68 bits per heavy atom. The molecule has 14 heteroatoms.